The van der Waals surface area contributed by atoms with Crippen molar-refractivity contribution < 1.29 is 4.39 Å². The third-order valence-electron chi connectivity index (χ3n) is 5.13. The largest absolute Gasteiger partial charge is 0.347 e. The molecule has 0 atom stereocenters. The molecule has 4 rings (SSSR count). The van der Waals surface area contributed by atoms with E-state index in [9.17, 15) is 4.39 Å². The van der Waals surface area contributed by atoms with Gasteiger partial charge in [-0.15, -0.1) is 10.2 Å². The number of hydrogen-bond acceptors (Lipinski definition) is 5. The first-order chi connectivity index (χ1) is 11.8. The normalized spacial score (nSPS) is 20.5. The topological polar surface area (TPSA) is 32.3 Å². The van der Waals surface area contributed by atoms with Crippen molar-refractivity contribution in [2.24, 2.45) is 0 Å². The van der Waals surface area contributed by atoms with Crippen molar-refractivity contribution in [1.82, 2.24) is 15.1 Å². The van der Waals surface area contributed by atoms with E-state index in [1.54, 1.807) is 17.4 Å². The summed E-state index contributed by atoms with van der Waals surface area (Å²) in [7, 11) is 0. The van der Waals surface area contributed by atoms with Crippen LogP contribution in [0.1, 0.15) is 32.1 Å². The molecule has 0 spiro atoms. The monoisotopic (exact) mass is 346 g/mol. The molecule has 24 heavy (non-hydrogen) atoms. The summed E-state index contributed by atoms with van der Waals surface area (Å²) in [6.07, 6.45) is 6.51. The zero-order valence-corrected chi connectivity index (χ0v) is 14.6. The maximum Gasteiger partial charge on any atom is 0.208 e. The minimum absolute atomic E-state index is 0.230. The van der Waals surface area contributed by atoms with Crippen molar-refractivity contribution in [3.63, 3.8) is 0 Å². The van der Waals surface area contributed by atoms with Gasteiger partial charge < -0.3 is 9.80 Å². The molecule has 2 aliphatic rings. The summed E-state index contributed by atoms with van der Waals surface area (Å²) in [6, 6.07) is 7.31. The molecule has 0 amide bonds. The second kappa shape index (κ2) is 7.15. The fourth-order valence-electron chi connectivity index (χ4n) is 3.79. The fraction of sp³-hybridized carbons (Fsp3) is 0.556. The summed E-state index contributed by atoms with van der Waals surface area (Å²) in [6.45, 7) is 4.62. The van der Waals surface area contributed by atoms with E-state index in [0.717, 1.165) is 34.8 Å². The summed E-state index contributed by atoms with van der Waals surface area (Å²) < 4.78 is 13.4. The van der Waals surface area contributed by atoms with Crippen molar-refractivity contribution in [3.05, 3.63) is 30.1 Å². The van der Waals surface area contributed by atoms with Crippen LogP contribution in [0.2, 0.25) is 0 Å². The Hall–Kier alpha value is -1.53. The minimum Gasteiger partial charge on any atom is -0.347 e. The highest BCUT2D eigenvalue weighted by molar-refractivity contribution is 7.18. The first-order valence-electron chi connectivity index (χ1n) is 8.88. The summed E-state index contributed by atoms with van der Waals surface area (Å²) >= 11 is 1.56. The number of hydrogen-bond donors (Lipinski definition) is 0. The van der Waals surface area contributed by atoms with Crippen LogP contribution in [0.4, 0.5) is 9.52 Å². The van der Waals surface area contributed by atoms with Gasteiger partial charge in [-0.3, -0.25) is 0 Å². The van der Waals surface area contributed by atoms with Crippen molar-refractivity contribution in [2.45, 2.75) is 38.1 Å². The van der Waals surface area contributed by atoms with Crippen LogP contribution in [0.3, 0.4) is 0 Å². The highest BCUT2D eigenvalue weighted by Gasteiger charge is 2.27. The van der Waals surface area contributed by atoms with Crippen LogP contribution < -0.4 is 4.90 Å². The predicted octanol–water partition coefficient (Wildman–Crippen LogP) is 3.80. The Kier molecular flexibility index (Phi) is 4.76. The van der Waals surface area contributed by atoms with E-state index in [0.29, 0.717) is 0 Å². The van der Waals surface area contributed by atoms with Crippen molar-refractivity contribution in [3.8, 4) is 10.6 Å². The van der Waals surface area contributed by atoms with E-state index in [-0.39, 0.29) is 5.82 Å². The number of rotatable bonds is 3. The maximum atomic E-state index is 13.4. The molecule has 6 heteroatoms. The molecule has 2 fully saturated rings. The molecule has 2 aromatic rings. The SMILES string of the molecule is Fc1cccc(-c2nnc(N3CCC(N4CCCCC4)CC3)s2)c1. The van der Waals surface area contributed by atoms with Crippen LogP contribution in [0.25, 0.3) is 10.6 Å². The van der Waals surface area contributed by atoms with Gasteiger partial charge in [0.2, 0.25) is 5.13 Å². The number of aromatic nitrogens is 2. The lowest BCUT2D eigenvalue weighted by Crippen LogP contribution is -2.46. The zero-order chi connectivity index (χ0) is 16.4. The quantitative estimate of drug-likeness (QED) is 0.846. The maximum absolute atomic E-state index is 13.4. The first-order valence-corrected chi connectivity index (χ1v) is 9.70. The second-order valence-corrected chi connectivity index (χ2v) is 7.67. The molecule has 0 saturated carbocycles. The lowest BCUT2D eigenvalue weighted by molar-refractivity contribution is 0.141. The third-order valence-corrected chi connectivity index (χ3v) is 6.16. The standard InChI is InChI=1S/C18H23FN4S/c19-15-6-4-5-14(13-15)17-20-21-18(24-17)23-11-7-16(8-12-23)22-9-2-1-3-10-22/h4-6,13,16H,1-3,7-12H2. The van der Waals surface area contributed by atoms with E-state index in [2.05, 4.69) is 20.0 Å². The van der Waals surface area contributed by atoms with Gasteiger partial charge >= 0.3 is 0 Å². The molecule has 0 bridgehead atoms. The van der Waals surface area contributed by atoms with Gasteiger partial charge in [0.25, 0.3) is 0 Å². The predicted molar refractivity (Wildman–Crippen MR) is 96.0 cm³/mol. The smallest absolute Gasteiger partial charge is 0.208 e. The lowest BCUT2D eigenvalue weighted by atomic mass is 10.0. The van der Waals surface area contributed by atoms with E-state index in [4.69, 9.17) is 0 Å². The molecule has 2 aliphatic heterocycles. The number of halogens is 1. The van der Waals surface area contributed by atoms with Crippen LogP contribution >= 0.6 is 11.3 Å². The van der Waals surface area contributed by atoms with Gasteiger partial charge in [0, 0.05) is 24.7 Å². The third kappa shape index (κ3) is 3.44. The number of nitrogens with zero attached hydrogens (tertiary/aromatic N) is 4. The number of piperidine rings is 2. The molecule has 1 aromatic heterocycles. The zero-order valence-electron chi connectivity index (χ0n) is 13.8. The summed E-state index contributed by atoms with van der Waals surface area (Å²) in [5.74, 6) is -0.230. The van der Waals surface area contributed by atoms with Crippen LogP contribution in [-0.2, 0) is 0 Å². The van der Waals surface area contributed by atoms with E-state index >= 15 is 0 Å². The molecule has 3 heterocycles. The number of anilines is 1. The van der Waals surface area contributed by atoms with Gasteiger partial charge in [0.05, 0.1) is 0 Å². The summed E-state index contributed by atoms with van der Waals surface area (Å²) in [5, 5.41) is 10.4. The fourth-order valence-corrected chi connectivity index (χ4v) is 4.68. The molecular formula is C18H23FN4S. The van der Waals surface area contributed by atoms with Crippen molar-refractivity contribution in [2.75, 3.05) is 31.1 Å². The molecule has 0 radical (unpaired) electrons. The molecular weight excluding hydrogens is 323 g/mol. The Morgan fingerprint density at radius 3 is 2.54 bits per heavy atom. The van der Waals surface area contributed by atoms with E-state index < -0.39 is 0 Å². The van der Waals surface area contributed by atoms with E-state index in [1.165, 1.54) is 57.3 Å². The van der Waals surface area contributed by atoms with Crippen LogP contribution in [0.5, 0.6) is 0 Å². The molecule has 0 aliphatic carbocycles. The van der Waals surface area contributed by atoms with Crippen LogP contribution in [-0.4, -0.2) is 47.3 Å². The van der Waals surface area contributed by atoms with Crippen molar-refractivity contribution >= 4 is 16.5 Å². The molecule has 4 nitrogen and oxygen atoms in total. The Morgan fingerprint density at radius 1 is 1.00 bits per heavy atom. The minimum atomic E-state index is -0.230. The summed E-state index contributed by atoms with van der Waals surface area (Å²) in [5.41, 5.74) is 0.807. The van der Waals surface area contributed by atoms with Gasteiger partial charge in [-0.2, -0.15) is 0 Å². The number of likely N-dealkylation sites (tertiary alicyclic amines) is 1. The van der Waals surface area contributed by atoms with Crippen molar-refractivity contribution in [1.29, 1.82) is 0 Å². The van der Waals surface area contributed by atoms with Gasteiger partial charge in [-0.05, 0) is 50.9 Å². The molecule has 128 valence electrons. The average molecular weight is 346 g/mol. The average Bonchev–Trinajstić information content (AvgIpc) is 3.13. The van der Waals surface area contributed by atoms with Gasteiger partial charge in [-0.1, -0.05) is 29.9 Å². The Balaban J connectivity index is 1.39. The van der Waals surface area contributed by atoms with E-state index in [1.807, 2.05) is 6.07 Å². The Bertz CT molecular complexity index is 675. The van der Waals surface area contributed by atoms with Gasteiger partial charge in [-0.25, -0.2) is 4.39 Å². The Labute approximate surface area is 146 Å². The second-order valence-electron chi connectivity index (χ2n) is 6.71. The highest BCUT2D eigenvalue weighted by atomic mass is 32.1. The molecule has 0 unspecified atom stereocenters. The summed E-state index contributed by atoms with van der Waals surface area (Å²) in [4.78, 5) is 5.01. The van der Waals surface area contributed by atoms with Crippen LogP contribution in [0.15, 0.2) is 24.3 Å². The van der Waals surface area contributed by atoms with Gasteiger partial charge in [0.1, 0.15) is 10.8 Å². The Morgan fingerprint density at radius 2 is 1.79 bits per heavy atom. The molecule has 2 saturated heterocycles. The molecule has 1 aromatic carbocycles. The first kappa shape index (κ1) is 16.0. The lowest BCUT2D eigenvalue weighted by Gasteiger charge is -2.40. The number of benzene rings is 1. The molecule has 0 N–H and O–H groups in total. The highest BCUT2D eigenvalue weighted by Crippen LogP contribution is 2.31. The van der Waals surface area contributed by atoms with Gasteiger partial charge in [0.15, 0.2) is 0 Å². The van der Waals surface area contributed by atoms with Crippen LogP contribution in [0, 0.1) is 5.82 Å².